The van der Waals surface area contributed by atoms with E-state index >= 15 is 0 Å². The van der Waals surface area contributed by atoms with E-state index in [1.165, 1.54) is 5.56 Å². The van der Waals surface area contributed by atoms with Crippen molar-refractivity contribution in [3.8, 4) is 0 Å². The number of imidazole rings is 1. The molecule has 17 heavy (non-hydrogen) atoms. The van der Waals surface area contributed by atoms with Gasteiger partial charge in [-0.2, -0.15) is 0 Å². The average Bonchev–Trinajstić information content (AvgIpc) is 2.66. The highest BCUT2D eigenvalue weighted by Crippen LogP contribution is 2.23. The van der Waals surface area contributed by atoms with Crippen LogP contribution in [0.3, 0.4) is 0 Å². The molecule has 0 saturated heterocycles. The Morgan fingerprint density at radius 3 is 2.88 bits per heavy atom. The number of aryl methyl sites for hydroxylation is 1. The molecular formula is C13H17ClN2O. The summed E-state index contributed by atoms with van der Waals surface area (Å²) < 4.78 is 7.38. The van der Waals surface area contributed by atoms with Gasteiger partial charge in [-0.3, -0.25) is 0 Å². The molecule has 2 aromatic rings. The van der Waals surface area contributed by atoms with Gasteiger partial charge in [-0.05, 0) is 31.5 Å². The second kappa shape index (κ2) is 5.07. The van der Waals surface area contributed by atoms with E-state index in [9.17, 15) is 0 Å². The summed E-state index contributed by atoms with van der Waals surface area (Å²) in [5.41, 5.74) is 3.35. The Kier molecular flexibility index (Phi) is 3.69. The SMILES string of the molecule is COCC(C)n1c(CCl)nc2ccc(C)cc21. The number of benzene rings is 1. The first kappa shape index (κ1) is 12.4. The zero-order valence-corrected chi connectivity index (χ0v) is 11.2. The monoisotopic (exact) mass is 252 g/mol. The summed E-state index contributed by atoms with van der Waals surface area (Å²) in [6.07, 6.45) is 0. The standard InChI is InChI=1S/C13H17ClN2O/c1-9-4-5-11-12(6-9)16(10(2)8-17-3)13(7-14)15-11/h4-6,10H,7-8H2,1-3H3. The lowest BCUT2D eigenvalue weighted by Crippen LogP contribution is -2.13. The minimum absolute atomic E-state index is 0.237. The quantitative estimate of drug-likeness (QED) is 0.781. The van der Waals surface area contributed by atoms with E-state index in [-0.39, 0.29) is 6.04 Å². The Morgan fingerprint density at radius 1 is 1.47 bits per heavy atom. The van der Waals surface area contributed by atoms with Crippen molar-refractivity contribution >= 4 is 22.6 Å². The van der Waals surface area contributed by atoms with Gasteiger partial charge in [0.1, 0.15) is 5.82 Å². The average molecular weight is 253 g/mol. The van der Waals surface area contributed by atoms with Crippen LogP contribution in [0, 0.1) is 6.92 Å². The number of fused-ring (bicyclic) bond motifs is 1. The zero-order valence-electron chi connectivity index (χ0n) is 10.4. The number of ether oxygens (including phenoxy) is 1. The van der Waals surface area contributed by atoms with E-state index in [1.54, 1.807) is 7.11 Å². The van der Waals surface area contributed by atoms with Gasteiger partial charge in [-0.25, -0.2) is 4.98 Å². The molecule has 0 aliphatic heterocycles. The molecule has 1 heterocycles. The van der Waals surface area contributed by atoms with Crippen molar-refractivity contribution in [2.24, 2.45) is 0 Å². The van der Waals surface area contributed by atoms with Crippen LogP contribution in [0.2, 0.25) is 0 Å². The maximum absolute atomic E-state index is 5.96. The summed E-state index contributed by atoms with van der Waals surface area (Å²) in [7, 11) is 1.71. The lowest BCUT2D eigenvalue weighted by molar-refractivity contribution is 0.163. The molecule has 0 amide bonds. The number of nitrogens with zero attached hydrogens (tertiary/aromatic N) is 2. The normalized spacial score (nSPS) is 13.2. The second-order valence-electron chi connectivity index (χ2n) is 4.33. The van der Waals surface area contributed by atoms with Crippen LogP contribution in [0.15, 0.2) is 18.2 Å². The van der Waals surface area contributed by atoms with Gasteiger partial charge in [0.15, 0.2) is 0 Å². The molecule has 0 spiro atoms. The number of rotatable bonds is 4. The molecule has 0 radical (unpaired) electrons. The van der Waals surface area contributed by atoms with Crippen LogP contribution in [0.5, 0.6) is 0 Å². The third-order valence-electron chi connectivity index (χ3n) is 2.89. The first-order valence-electron chi connectivity index (χ1n) is 5.69. The topological polar surface area (TPSA) is 27.1 Å². The van der Waals surface area contributed by atoms with Crippen LogP contribution in [0.1, 0.15) is 24.4 Å². The largest absolute Gasteiger partial charge is 0.383 e. The molecular weight excluding hydrogens is 236 g/mol. The molecule has 1 unspecified atom stereocenters. The first-order chi connectivity index (χ1) is 8.17. The van der Waals surface area contributed by atoms with Crippen molar-refractivity contribution in [1.82, 2.24) is 9.55 Å². The Morgan fingerprint density at radius 2 is 2.24 bits per heavy atom. The van der Waals surface area contributed by atoms with E-state index < -0.39 is 0 Å². The third kappa shape index (κ3) is 2.31. The third-order valence-corrected chi connectivity index (χ3v) is 3.13. The number of hydrogen-bond donors (Lipinski definition) is 0. The van der Waals surface area contributed by atoms with Crippen molar-refractivity contribution in [3.05, 3.63) is 29.6 Å². The summed E-state index contributed by atoms with van der Waals surface area (Å²) in [6.45, 7) is 4.85. The van der Waals surface area contributed by atoms with Crippen molar-refractivity contribution in [2.75, 3.05) is 13.7 Å². The van der Waals surface area contributed by atoms with Gasteiger partial charge >= 0.3 is 0 Å². The molecule has 0 bridgehead atoms. The molecule has 0 saturated carbocycles. The zero-order chi connectivity index (χ0) is 12.4. The molecule has 92 valence electrons. The van der Waals surface area contributed by atoms with E-state index in [1.807, 2.05) is 6.07 Å². The van der Waals surface area contributed by atoms with Gasteiger partial charge < -0.3 is 9.30 Å². The predicted molar refractivity (Wildman–Crippen MR) is 70.6 cm³/mol. The number of methoxy groups -OCH3 is 1. The number of aromatic nitrogens is 2. The van der Waals surface area contributed by atoms with Crippen molar-refractivity contribution in [3.63, 3.8) is 0 Å². The van der Waals surface area contributed by atoms with Crippen LogP contribution in [0.4, 0.5) is 0 Å². The van der Waals surface area contributed by atoms with Gasteiger partial charge in [-0.15, -0.1) is 11.6 Å². The van der Waals surface area contributed by atoms with Gasteiger partial charge in [0, 0.05) is 7.11 Å². The molecule has 2 rings (SSSR count). The van der Waals surface area contributed by atoms with Crippen LogP contribution in [-0.2, 0) is 10.6 Å². The van der Waals surface area contributed by atoms with Gasteiger partial charge in [0.2, 0.25) is 0 Å². The fourth-order valence-corrected chi connectivity index (χ4v) is 2.34. The summed E-state index contributed by atoms with van der Waals surface area (Å²) in [6, 6.07) is 6.49. The Hall–Kier alpha value is -1.06. The summed E-state index contributed by atoms with van der Waals surface area (Å²) in [5, 5.41) is 0. The molecule has 0 N–H and O–H groups in total. The van der Waals surface area contributed by atoms with Gasteiger partial charge in [-0.1, -0.05) is 6.07 Å². The fraction of sp³-hybridized carbons (Fsp3) is 0.462. The minimum atomic E-state index is 0.237. The number of hydrogen-bond acceptors (Lipinski definition) is 2. The molecule has 0 aliphatic rings. The Labute approximate surface area is 106 Å². The number of halogens is 1. The van der Waals surface area contributed by atoms with Crippen molar-refractivity contribution < 1.29 is 4.74 Å². The smallest absolute Gasteiger partial charge is 0.125 e. The van der Waals surface area contributed by atoms with E-state index in [0.717, 1.165) is 16.9 Å². The molecule has 1 atom stereocenters. The van der Waals surface area contributed by atoms with Gasteiger partial charge in [0.25, 0.3) is 0 Å². The lowest BCUT2D eigenvalue weighted by Gasteiger charge is -2.16. The van der Waals surface area contributed by atoms with E-state index in [0.29, 0.717) is 12.5 Å². The van der Waals surface area contributed by atoms with Crippen molar-refractivity contribution in [2.45, 2.75) is 25.8 Å². The molecule has 0 aliphatic carbocycles. The van der Waals surface area contributed by atoms with E-state index in [4.69, 9.17) is 16.3 Å². The highest BCUT2D eigenvalue weighted by atomic mass is 35.5. The first-order valence-corrected chi connectivity index (χ1v) is 6.23. The van der Waals surface area contributed by atoms with E-state index in [2.05, 4.69) is 35.5 Å². The highest BCUT2D eigenvalue weighted by Gasteiger charge is 2.15. The van der Waals surface area contributed by atoms with Crippen LogP contribution in [-0.4, -0.2) is 23.3 Å². The maximum Gasteiger partial charge on any atom is 0.125 e. The summed E-state index contributed by atoms with van der Waals surface area (Å²) >= 11 is 5.96. The summed E-state index contributed by atoms with van der Waals surface area (Å²) in [5.74, 6) is 1.32. The Balaban J connectivity index is 2.60. The Bertz CT molecular complexity index is 521. The van der Waals surface area contributed by atoms with Crippen LogP contribution in [0.25, 0.3) is 11.0 Å². The molecule has 0 fully saturated rings. The second-order valence-corrected chi connectivity index (χ2v) is 4.60. The lowest BCUT2D eigenvalue weighted by atomic mass is 10.2. The minimum Gasteiger partial charge on any atom is -0.383 e. The van der Waals surface area contributed by atoms with Crippen LogP contribution >= 0.6 is 11.6 Å². The molecule has 4 heteroatoms. The maximum atomic E-state index is 5.96. The molecule has 1 aromatic carbocycles. The fourth-order valence-electron chi connectivity index (χ4n) is 2.15. The predicted octanol–water partition coefficient (Wildman–Crippen LogP) is 3.29. The van der Waals surface area contributed by atoms with Crippen molar-refractivity contribution in [1.29, 1.82) is 0 Å². The summed E-state index contributed by atoms with van der Waals surface area (Å²) in [4.78, 5) is 4.55. The molecule has 1 aromatic heterocycles. The van der Waals surface area contributed by atoms with Gasteiger partial charge in [0.05, 0.1) is 29.6 Å². The molecule has 3 nitrogen and oxygen atoms in total. The number of alkyl halides is 1. The van der Waals surface area contributed by atoms with Crippen LogP contribution < -0.4 is 0 Å². The highest BCUT2D eigenvalue weighted by molar-refractivity contribution is 6.16.